The van der Waals surface area contributed by atoms with Crippen LogP contribution in [0.25, 0.3) is 0 Å². The van der Waals surface area contributed by atoms with Crippen LogP contribution < -0.4 is 10.6 Å². The molecule has 2 N–H and O–H groups in total. The predicted octanol–water partition coefficient (Wildman–Crippen LogP) is 3.18. The summed E-state index contributed by atoms with van der Waals surface area (Å²) in [6, 6.07) is 3.88. The molecule has 2 aromatic heterocycles. The van der Waals surface area contributed by atoms with Gasteiger partial charge in [-0.3, -0.25) is 0 Å². The highest BCUT2D eigenvalue weighted by molar-refractivity contribution is 5.59. The molecule has 2 aromatic rings. The van der Waals surface area contributed by atoms with Crippen LogP contribution in [-0.2, 0) is 0 Å². The van der Waals surface area contributed by atoms with Crippen LogP contribution in [0.1, 0.15) is 43.5 Å². The summed E-state index contributed by atoms with van der Waals surface area (Å²) in [5.41, 5.74) is 2.15. The van der Waals surface area contributed by atoms with E-state index in [0.29, 0.717) is 11.6 Å². The first kappa shape index (κ1) is 16.1. The number of nitriles is 1. The SMILES string of the molecule is Cc1nnc(Nc2cnc(C#N)cn2)cc1NCC1CCCCC1. The van der Waals surface area contributed by atoms with Crippen molar-refractivity contribution in [3.05, 3.63) is 29.8 Å². The largest absolute Gasteiger partial charge is 0.383 e. The molecule has 0 spiro atoms. The van der Waals surface area contributed by atoms with Crippen molar-refractivity contribution in [3.63, 3.8) is 0 Å². The average molecular weight is 323 g/mol. The van der Waals surface area contributed by atoms with E-state index in [1.165, 1.54) is 44.5 Å². The lowest BCUT2D eigenvalue weighted by Gasteiger charge is -2.22. The maximum Gasteiger partial charge on any atom is 0.158 e. The van der Waals surface area contributed by atoms with Gasteiger partial charge in [-0.15, -0.1) is 5.10 Å². The number of hydrogen-bond donors (Lipinski definition) is 2. The summed E-state index contributed by atoms with van der Waals surface area (Å²) in [4.78, 5) is 8.11. The molecule has 0 amide bonds. The van der Waals surface area contributed by atoms with Crippen molar-refractivity contribution < 1.29 is 0 Å². The van der Waals surface area contributed by atoms with Crippen LogP contribution in [0, 0.1) is 24.2 Å². The molecule has 0 aromatic carbocycles. The molecular weight excluding hydrogens is 302 g/mol. The Hall–Kier alpha value is -2.75. The van der Waals surface area contributed by atoms with Gasteiger partial charge in [0.25, 0.3) is 0 Å². The molecule has 1 fully saturated rings. The van der Waals surface area contributed by atoms with Crippen LogP contribution in [0.5, 0.6) is 0 Å². The van der Waals surface area contributed by atoms with Gasteiger partial charge in [0.2, 0.25) is 0 Å². The molecule has 1 saturated carbocycles. The Morgan fingerprint density at radius 1 is 1.12 bits per heavy atom. The second kappa shape index (κ2) is 7.68. The van der Waals surface area contributed by atoms with Gasteiger partial charge in [-0.25, -0.2) is 9.97 Å². The molecule has 2 heterocycles. The Kier molecular flexibility index (Phi) is 5.16. The third-order valence-corrected chi connectivity index (χ3v) is 4.31. The Bertz CT molecular complexity index is 715. The van der Waals surface area contributed by atoms with Crippen molar-refractivity contribution in [2.45, 2.75) is 39.0 Å². The smallest absolute Gasteiger partial charge is 0.158 e. The quantitative estimate of drug-likeness (QED) is 0.871. The van der Waals surface area contributed by atoms with E-state index < -0.39 is 0 Å². The Morgan fingerprint density at radius 2 is 1.96 bits per heavy atom. The van der Waals surface area contributed by atoms with E-state index in [9.17, 15) is 0 Å². The highest BCUT2D eigenvalue weighted by atomic mass is 15.2. The van der Waals surface area contributed by atoms with Crippen LogP contribution in [0.3, 0.4) is 0 Å². The number of aryl methyl sites for hydroxylation is 1. The summed E-state index contributed by atoms with van der Waals surface area (Å²) < 4.78 is 0. The van der Waals surface area contributed by atoms with Gasteiger partial charge in [-0.2, -0.15) is 10.4 Å². The molecule has 7 nitrogen and oxygen atoms in total. The first-order valence-corrected chi connectivity index (χ1v) is 8.32. The molecule has 0 atom stereocenters. The van der Waals surface area contributed by atoms with Gasteiger partial charge < -0.3 is 10.6 Å². The lowest BCUT2D eigenvalue weighted by Crippen LogP contribution is -2.18. The van der Waals surface area contributed by atoms with Crippen molar-refractivity contribution in [1.82, 2.24) is 20.2 Å². The molecule has 0 aliphatic heterocycles. The minimum atomic E-state index is 0.283. The van der Waals surface area contributed by atoms with Crippen LogP contribution in [0.2, 0.25) is 0 Å². The second-order valence-electron chi connectivity index (χ2n) is 6.14. The Balaban J connectivity index is 1.65. The zero-order chi connectivity index (χ0) is 16.8. The predicted molar refractivity (Wildman–Crippen MR) is 91.9 cm³/mol. The molecule has 0 unspecified atom stereocenters. The molecular formula is C17H21N7. The standard InChI is InChI=1S/C17H21N7/c1-12-15(20-9-13-5-3-2-4-6-13)7-16(24-23-12)22-17-11-19-14(8-18)10-21-17/h7,10-11,13H,2-6,9H2,1H3,(H2,20,21,22,24). The zero-order valence-corrected chi connectivity index (χ0v) is 13.8. The number of nitrogens with zero attached hydrogens (tertiary/aromatic N) is 5. The van der Waals surface area contributed by atoms with Gasteiger partial charge in [0.05, 0.1) is 23.8 Å². The fraction of sp³-hybridized carbons (Fsp3) is 0.471. The minimum Gasteiger partial charge on any atom is -0.383 e. The van der Waals surface area contributed by atoms with Crippen molar-refractivity contribution >= 4 is 17.3 Å². The molecule has 24 heavy (non-hydrogen) atoms. The number of anilines is 3. The van der Waals surface area contributed by atoms with E-state index in [1.54, 1.807) is 0 Å². The van der Waals surface area contributed by atoms with Gasteiger partial charge in [0, 0.05) is 12.6 Å². The summed E-state index contributed by atoms with van der Waals surface area (Å²) in [7, 11) is 0. The van der Waals surface area contributed by atoms with Crippen LogP contribution in [0.15, 0.2) is 18.5 Å². The van der Waals surface area contributed by atoms with Crippen molar-refractivity contribution in [2.75, 3.05) is 17.2 Å². The Morgan fingerprint density at radius 3 is 2.67 bits per heavy atom. The van der Waals surface area contributed by atoms with Gasteiger partial charge >= 0.3 is 0 Å². The molecule has 3 rings (SSSR count). The summed E-state index contributed by atoms with van der Waals surface area (Å²) >= 11 is 0. The second-order valence-corrected chi connectivity index (χ2v) is 6.14. The first-order chi connectivity index (χ1) is 11.7. The highest BCUT2D eigenvalue weighted by Crippen LogP contribution is 2.25. The fourth-order valence-corrected chi connectivity index (χ4v) is 2.92. The molecule has 1 aliphatic carbocycles. The molecule has 0 saturated heterocycles. The fourth-order valence-electron chi connectivity index (χ4n) is 2.92. The molecule has 1 aliphatic rings. The summed E-state index contributed by atoms with van der Waals surface area (Å²) in [5.74, 6) is 1.88. The van der Waals surface area contributed by atoms with E-state index >= 15 is 0 Å². The lowest BCUT2D eigenvalue weighted by atomic mass is 9.89. The normalized spacial score (nSPS) is 14.8. The number of nitrogens with one attached hydrogen (secondary N) is 2. The van der Waals surface area contributed by atoms with E-state index in [0.717, 1.165) is 23.8 Å². The van der Waals surface area contributed by atoms with Crippen LogP contribution in [0.4, 0.5) is 17.3 Å². The molecule has 7 heteroatoms. The molecule has 124 valence electrons. The third-order valence-electron chi connectivity index (χ3n) is 4.31. The monoisotopic (exact) mass is 323 g/mol. The maximum atomic E-state index is 8.75. The van der Waals surface area contributed by atoms with Crippen molar-refractivity contribution in [3.8, 4) is 6.07 Å². The minimum absolute atomic E-state index is 0.283. The van der Waals surface area contributed by atoms with E-state index in [1.807, 2.05) is 19.1 Å². The van der Waals surface area contributed by atoms with Gasteiger partial charge in [0.15, 0.2) is 11.5 Å². The lowest BCUT2D eigenvalue weighted by molar-refractivity contribution is 0.373. The van der Waals surface area contributed by atoms with Gasteiger partial charge in [-0.05, 0) is 25.7 Å². The zero-order valence-electron chi connectivity index (χ0n) is 13.8. The number of aromatic nitrogens is 4. The number of hydrogen-bond acceptors (Lipinski definition) is 7. The summed E-state index contributed by atoms with van der Waals surface area (Å²) in [6.45, 7) is 2.92. The van der Waals surface area contributed by atoms with E-state index in [-0.39, 0.29) is 5.69 Å². The summed E-state index contributed by atoms with van der Waals surface area (Å²) in [6.07, 6.45) is 9.58. The van der Waals surface area contributed by atoms with E-state index in [4.69, 9.17) is 5.26 Å². The Labute approximate surface area is 141 Å². The van der Waals surface area contributed by atoms with Gasteiger partial charge in [-0.1, -0.05) is 19.3 Å². The topological polar surface area (TPSA) is 99.4 Å². The van der Waals surface area contributed by atoms with Crippen molar-refractivity contribution in [1.29, 1.82) is 5.26 Å². The maximum absolute atomic E-state index is 8.75. The molecule has 0 radical (unpaired) electrons. The van der Waals surface area contributed by atoms with Crippen LogP contribution >= 0.6 is 0 Å². The molecule has 0 bridgehead atoms. The van der Waals surface area contributed by atoms with E-state index in [2.05, 4.69) is 30.8 Å². The average Bonchev–Trinajstić information content (AvgIpc) is 2.63. The first-order valence-electron chi connectivity index (χ1n) is 8.32. The van der Waals surface area contributed by atoms with Crippen molar-refractivity contribution in [2.24, 2.45) is 5.92 Å². The van der Waals surface area contributed by atoms with Gasteiger partial charge in [0.1, 0.15) is 11.9 Å². The highest BCUT2D eigenvalue weighted by Gasteiger charge is 2.14. The summed E-state index contributed by atoms with van der Waals surface area (Å²) in [5, 5.41) is 23.7. The van der Waals surface area contributed by atoms with Crippen LogP contribution in [-0.4, -0.2) is 26.7 Å². The number of rotatable bonds is 5. The third kappa shape index (κ3) is 4.16.